The first-order valence-electron chi connectivity index (χ1n) is 6.24. The first-order chi connectivity index (χ1) is 8.80. The van der Waals surface area contributed by atoms with Crippen LogP contribution in [-0.4, -0.2) is 11.1 Å². The fourth-order valence-electron chi connectivity index (χ4n) is 1.80. The number of benzene rings is 2. The third kappa shape index (κ3) is 2.55. The first kappa shape index (κ1) is 13.4. The minimum Gasteiger partial charge on any atom is -0.507 e. The van der Waals surface area contributed by atoms with Crippen molar-refractivity contribution >= 4 is 16.7 Å². The lowest BCUT2D eigenvalue weighted by atomic mass is 9.97. The van der Waals surface area contributed by atoms with Crippen molar-refractivity contribution in [1.29, 1.82) is 0 Å². The number of ether oxygens (including phenoxy) is 1. The second kappa shape index (κ2) is 4.57. The lowest BCUT2D eigenvalue weighted by Crippen LogP contribution is -2.25. The summed E-state index contributed by atoms with van der Waals surface area (Å²) in [5.74, 6) is 0.430. The summed E-state index contributed by atoms with van der Waals surface area (Å²) in [4.78, 5) is 12.0. The largest absolute Gasteiger partial charge is 0.507 e. The highest BCUT2D eigenvalue weighted by Gasteiger charge is 2.24. The maximum absolute atomic E-state index is 12.0. The van der Waals surface area contributed by atoms with Gasteiger partial charge in [0.05, 0.1) is 5.41 Å². The zero-order valence-corrected chi connectivity index (χ0v) is 11.7. The number of aryl methyl sites for hydroxylation is 1. The fourth-order valence-corrected chi connectivity index (χ4v) is 1.80. The normalized spacial score (nSPS) is 11.6. The van der Waals surface area contributed by atoms with Gasteiger partial charge in [-0.05, 0) is 39.3 Å². The molecule has 100 valence electrons. The van der Waals surface area contributed by atoms with Gasteiger partial charge in [0.15, 0.2) is 0 Å². The predicted molar refractivity (Wildman–Crippen MR) is 75.4 cm³/mol. The molecule has 0 aliphatic rings. The predicted octanol–water partition coefficient (Wildman–Crippen LogP) is 3.81. The molecule has 0 bridgehead atoms. The Morgan fingerprint density at radius 3 is 2.32 bits per heavy atom. The Balaban J connectivity index is 2.56. The summed E-state index contributed by atoms with van der Waals surface area (Å²) in [6, 6.07) is 9.04. The zero-order chi connectivity index (χ0) is 14.2. The highest BCUT2D eigenvalue weighted by Crippen LogP contribution is 2.36. The molecule has 0 unspecified atom stereocenters. The molecule has 2 aromatic carbocycles. The Hall–Kier alpha value is -2.03. The molecule has 0 aliphatic carbocycles. The van der Waals surface area contributed by atoms with Gasteiger partial charge in [-0.15, -0.1) is 0 Å². The molecular formula is C16H18O3. The van der Waals surface area contributed by atoms with Gasteiger partial charge in [0.2, 0.25) is 0 Å². The lowest BCUT2D eigenvalue weighted by molar-refractivity contribution is -0.142. The number of carbonyl (C=O) groups excluding carboxylic acids is 1. The molecule has 19 heavy (non-hydrogen) atoms. The van der Waals surface area contributed by atoms with Gasteiger partial charge in [0.1, 0.15) is 11.5 Å². The van der Waals surface area contributed by atoms with Crippen molar-refractivity contribution in [2.45, 2.75) is 27.7 Å². The molecule has 1 N–H and O–H groups in total. The third-order valence-corrected chi connectivity index (χ3v) is 2.98. The van der Waals surface area contributed by atoms with Crippen molar-refractivity contribution in [1.82, 2.24) is 0 Å². The van der Waals surface area contributed by atoms with E-state index in [0.717, 1.165) is 5.39 Å². The Morgan fingerprint density at radius 2 is 1.74 bits per heavy atom. The summed E-state index contributed by atoms with van der Waals surface area (Å²) in [5, 5.41) is 11.5. The van der Waals surface area contributed by atoms with Crippen LogP contribution in [0.4, 0.5) is 0 Å². The Labute approximate surface area is 112 Å². The molecule has 0 radical (unpaired) electrons. The standard InChI is InChI=1S/C16H18O3/c1-10-9-13(19-15(18)16(2,3)4)11-7-5-6-8-12(11)14(10)17/h5-9,17H,1-4H3. The molecule has 0 atom stereocenters. The van der Waals surface area contributed by atoms with E-state index in [2.05, 4.69) is 0 Å². The van der Waals surface area contributed by atoms with E-state index < -0.39 is 5.41 Å². The van der Waals surface area contributed by atoms with Crippen molar-refractivity contribution in [3.8, 4) is 11.5 Å². The molecule has 0 saturated heterocycles. The van der Waals surface area contributed by atoms with Crippen LogP contribution >= 0.6 is 0 Å². The van der Waals surface area contributed by atoms with Gasteiger partial charge in [-0.1, -0.05) is 24.3 Å². The van der Waals surface area contributed by atoms with Gasteiger partial charge in [0.25, 0.3) is 0 Å². The summed E-state index contributed by atoms with van der Waals surface area (Å²) >= 11 is 0. The van der Waals surface area contributed by atoms with Gasteiger partial charge in [-0.3, -0.25) is 4.79 Å². The molecule has 0 spiro atoms. The highest BCUT2D eigenvalue weighted by molar-refractivity contribution is 5.95. The zero-order valence-electron chi connectivity index (χ0n) is 11.7. The van der Waals surface area contributed by atoms with Crippen molar-refractivity contribution < 1.29 is 14.6 Å². The number of rotatable bonds is 1. The van der Waals surface area contributed by atoms with Crippen LogP contribution in [0.15, 0.2) is 30.3 Å². The lowest BCUT2D eigenvalue weighted by Gasteiger charge is -2.18. The van der Waals surface area contributed by atoms with Crippen LogP contribution in [0.2, 0.25) is 0 Å². The number of hydrogen-bond donors (Lipinski definition) is 1. The van der Waals surface area contributed by atoms with Gasteiger partial charge in [0, 0.05) is 10.8 Å². The summed E-state index contributed by atoms with van der Waals surface area (Å²) in [6.45, 7) is 7.22. The van der Waals surface area contributed by atoms with Crippen molar-refractivity contribution in [2.24, 2.45) is 5.41 Å². The van der Waals surface area contributed by atoms with E-state index in [1.807, 2.05) is 45.0 Å². The molecule has 0 fully saturated rings. The van der Waals surface area contributed by atoms with Gasteiger partial charge < -0.3 is 9.84 Å². The van der Waals surface area contributed by atoms with Crippen LogP contribution < -0.4 is 4.74 Å². The Bertz CT molecular complexity index is 636. The molecular weight excluding hydrogens is 240 g/mol. The van der Waals surface area contributed by atoms with Crippen molar-refractivity contribution in [2.75, 3.05) is 0 Å². The minimum absolute atomic E-state index is 0.228. The molecule has 3 nitrogen and oxygen atoms in total. The molecule has 0 amide bonds. The Kier molecular flexibility index (Phi) is 3.23. The third-order valence-electron chi connectivity index (χ3n) is 2.98. The van der Waals surface area contributed by atoms with Crippen LogP contribution in [0.25, 0.3) is 10.8 Å². The molecule has 2 aromatic rings. The second-order valence-corrected chi connectivity index (χ2v) is 5.73. The maximum Gasteiger partial charge on any atom is 0.316 e. The monoisotopic (exact) mass is 258 g/mol. The summed E-state index contributed by atoms with van der Waals surface area (Å²) < 4.78 is 5.48. The number of hydrogen-bond acceptors (Lipinski definition) is 3. The SMILES string of the molecule is Cc1cc(OC(=O)C(C)(C)C)c2ccccc2c1O. The quantitative estimate of drug-likeness (QED) is 0.625. The molecule has 3 heteroatoms. The van der Waals surface area contributed by atoms with Crippen LogP contribution in [0, 0.1) is 12.3 Å². The van der Waals surface area contributed by atoms with Crippen LogP contribution in [-0.2, 0) is 4.79 Å². The first-order valence-corrected chi connectivity index (χ1v) is 6.24. The van der Waals surface area contributed by atoms with Crippen molar-refractivity contribution in [3.63, 3.8) is 0 Å². The highest BCUT2D eigenvalue weighted by atomic mass is 16.5. The van der Waals surface area contributed by atoms with Crippen LogP contribution in [0.3, 0.4) is 0 Å². The smallest absolute Gasteiger partial charge is 0.316 e. The average molecular weight is 258 g/mol. The van der Waals surface area contributed by atoms with E-state index in [-0.39, 0.29) is 11.7 Å². The number of fused-ring (bicyclic) bond motifs is 1. The number of aromatic hydroxyl groups is 1. The van der Waals surface area contributed by atoms with Crippen LogP contribution in [0.1, 0.15) is 26.3 Å². The Morgan fingerprint density at radius 1 is 1.16 bits per heavy atom. The van der Waals surface area contributed by atoms with Crippen molar-refractivity contribution in [3.05, 3.63) is 35.9 Å². The van der Waals surface area contributed by atoms with E-state index >= 15 is 0 Å². The average Bonchev–Trinajstić information content (AvgIpc) is 2.34. The number of carbonyl (C=O) groups is 1. The second-order valence-electron chi connectivity index (χ2n) is 5.73. The van der Waals surface area contributed by atoms with Crippen LogP contribution in [0.5, 0.6) is 11.5 Å². The molecule has 0 heterocycles. The number of esters is 1. The fraction of sp³-hybridized carbons (Fsp3) is 0.312. The van der Waals surface area contributed by atoms with E-state index in [1.54, 1.807) is 13.0 Å². The molecule has 0 saturated carbocycles. The maximum atomic E-state index is 12.0. The molecule has 2 rings (SSSR count). The van der Waals surface area contributed by atoms with Gasteiger partial charge in [-0.2, -0.15) is 0 Å². The summed E-state index contributed by atoms with van der Waals surface area (Å²) in [6.07, 6.45) is 0. The van der Waals surface area contributed by atoms with E-state index in [0.29, 0.717) is 16.7 Å². The summed E-state index contributed by atoms with van der Waals surface area (Å²) in [7, 11) is 0. The summed E-state index contributed by atoms with van der Waals surface area (Å²) in [5.41, 5.74) is 0.128. The van der Waals surface area contributed by atoms with Gasteiger partial charge >= 0.3 is 5.97 Å². The molecule has 0 aliphatic heterocycles. The minimum atomic E-state index is -0.563. The van der Waals surface area contributed by atoms with E-state index in [9.17, 15) is 9.90 Å². The number of phenols is 1. The number of phenolic OH excluding ortho intramolecular Hbond substituents is 1. The van der Waals surface area contributed by atoms with E-state index in [1.165, 1.54) is 0 Å². The van der Waals surface area contributed by atoms with Gasteiger partial charge in [-0.25, -0.2) is 0 Å². The van der Waals surface area contributed by atoms with E-state index in [4.69, 9.17) is 4.74 Å². The molecule has 0 aromatic heterocycles. The topological polar surface area (TPSA) is 46.5 Å².